The molecule has 3 heteroatoms. The Balaban J connectivity index is 2.24. The Morgan fingerprint density at radius 3 is 2.86 bits per heavy atom. The van der Waals surface area contributed by atoms with Gasteiger partial charge in [-0.2, -0.15) is 5.10 Å². The summed E-state index contributed by atoms with van der Waals surface area (Å²) < 4.78 is 1.91. The molecule has 1 aromatic carbocycles. The molecule has 0 saturated heterocycles. The van der Waals surface area contributed by atoms with E-state index in [4.69, 9.17) is 0 Å². The Morgan fingerprint density at radius 2 is 2.14 bits per heavy atom. The highest BCUT2D eigenvalue weighted by Gasteiger charge is 1.99. The number of aromatic nitrogens is 2. The fourth-order valence-corrected chi connectivity index (χ4v) is 1.47. The normalized spacial score (nSPS) is 10.1. The van der Waals surface area contributed by atoms with E-state index in [-0.39, 0.29) is 0 Å². The molecule has 0 amide bonds. The molecule has 0 unspecified atom stereocenters. The molecule has 0 atom stereocenters. The zero-order chi connectivity index (χ0) is 9.80. The minimum atomic E-state index is 0.810. The van der Waals surface area contributed by atoms with Gasteiger partial charge in [0.05, 0.1) is 6.54 Å². The van der Waals surface area contributed by atoms with Crippen LogP contribution in [-0.2, 0) is 6.54 Å². The highest BCUT2D eigenvalue weighted by molar-refractivity contribution is 5.50. The predicted molar refractivity (Wildman–Crippen MR) is 57.3 cm³/mol. The monoisotopic (exact) mass is 187 g/mol. The third kappa shape index (κ3) is 1.76. The number of rotatable bonds is 3. The van der Waals surface area contributed by atoms with Crippen molar-refractivity contribution in [1.29, 1.82) is 0 Å². The van der Waals surface area contributed by atoms with Gasteiger partial charge in [0.1, 0.15) is 0 Å². The van der Waals surface area contributed by atoms with Crippen LogP contribution in [-0.4, -0.2) is 16.8 Å². The Kier molecular flexibility index (Phi) is 2.49. The number of hydrogen-bond donors (Lipinski definition) is 1. The average Bonchev–Trinajstić information content (AvgIpc) is 2.71. The average molecular weight is 187 g/mol. The molecule has 2 aromatic rings. The van der Waals surface area contributed by atoms with E-state index in [1.807, 2.05) is 36.1 Å². The summed E-state index contributed by atoms with van der Waals surface area (Å²) in [5, 5.41) is 7.34. The standard InChI is InChI=1S/C11H13N3/c1-12-11-6-3-2-5-10(11)9-14-8-4-7-13-14/h2-8,12H,9H2,1H3. The van der Waals surface area contributed by atoms with Crippen LogP contribution in [0.2, 0.25) is 0 Å². The topological polar surface area (TPSA) is 29.9 Å². The van der Waals surface area contributed by atoms with Crippen LogP contribution in [0.25, 0.3) is 0 Å². The van der Waals surface area contributed by atoms with Crippen molar-refractivity contribution in [2.45, 2.75) is 6.54 Å². The van der Waals surface area contributed by atoms with Gasteiger partial charge in [-0.25, -0.2) is 0 Å². The molecule has 3 nitrogen and oxygen atoms in total. The van der Waals surface area contributed by atoms with Crippen molar-refractivity contribution in [1.82, 2.24) is 9.78 Å². The van der Waals surface area contributed by atoms with E-state index >= 15 is 0 Å². The minimum absolute atomic E-state index is 0.810. The van der Waals surface area contributed by atoms with E-state index in [0.29, 0.717) is 0 Å². The zero-order valence-electron chi connectivity index (χ0n) is 8.14. The summed E-state index contributed by atoms with van der Waals surface area (Å²) >= 11 is 0. The third-order valence-corrected chi connectivity index (χ3v) is 2.18. The third-order valence-electron chi connectivity index (χ3n) is 2.18. The summed E-state index contributed by atoms with van der Waals surface area (Å²) in [7, 11) is 1.93. The van der Waals surface area contributed by atoms with Gasteiger partial charge >= 0.3 is 0 Å². The lowest BCUT2D eigenvalue weighted by Crippen LogP contribution is -2.03. The maximum absolute atomic E-state index is 4.18. The first kappa shape index (κ1) is 8.81. The first-order valence-electron chi connectivity index (χ1n) is 4.63. The van der Waals surface area contributed by atoms with E-state index in [1.54, 1.807) is 6.20 Å². The lowest BCUT2D eigenvalue weighted by molar-refractivity contribution is 0.688. The van der Waals surface area contributed by atoms with Crippen LogP contribution in [0, 0.1) is 0 Å². The van der Waals surface area contributed by atoms with E-state index in [9.17, 15) is 0 Å². The van der Waals surface area contributed by atoms with Crippen LogP contribution in [0.1, 0.15) is 5.56 Å². The van der Waals surface area contributed by atoms with Gasteiger partial charge in [0.15, 0.2) is 0 Å². The molecule has 0 radical (unpaired) electrons. The fourth-order valence-electron chi connectivity index (χ4n) is 1.47. The van der Waals surface area contributed by atoms with E-state index in [1.165, 1.54) is 5.56 Å². The predicted octanol–water partition coefficient (Wildman–Crippen LogP) is 1.97. The van der Waals surface area contributed by atoms with Crippen molar-refractivity contribution in [2.75, 3.05) is 12.4 Å². The lowest BCUT2D eigenvalue weighted by Gasteiger charge is -2.08. The number of nitrogens with zero attached hydrogens (tertiary/aromatic N) is 2. The number of nitrogens with one attached hydrogen (secondary N) is 1. The molecule has 1 N–H and O–H groups in total. The van der Waals surface area contributed by atoms with Gasteiger partial charge in [-0.05, 0) is 17.7 Å². The van der Waals surface area contributed by atoms with Gasteiger partial charge in [-0.3, -0.25) is 4.68 Å². The number of benzene rings is 1. The molecule has 2 rings (SSSR count). The molecule has 0 bridgehead atoms. The number of hydrogen-bond acceptors (Lipinski definition) is 2. The van der Waals surface area contributed by atoms with Crippen molar-refractivity contribution in [3.05, 3.63) is 48.3 Å². The van der Waals surface area contributed by atoms with Crippen LogP contribution < -0.4 is 5.32 Å². The van der Waals surface area contributed by atoms with Gasteiger partial charge in [-0.15, -0.1) is 0 Å². The van der Waals surface area contributed by atoms with Crippen molar-refractivity contribution in [3.8, 4) is 0 Å². The summed E-state index contributed by atoms with van der Waals surface area (Å²) in [5.74, 6) is 0. The van der Waals surface area contributed by atoms with Gasteiger partial charge in [-0.1, -0.05) is 18.2 Å². The summed E-state index contributed by atoms with van der Waals surface area (Å²) in [4.78, 5) is 0. The van der Waals surface area contributed by atoms with Crippen molar-refractivity contribution < 1.29 is 0 Å². The van der Waals surface area contributed by atoms with Gasteiger partial charge < -0.3 is 5.32 Å². The van der Waals surface area contributed by atoms with Gasteiger partial charge in [0, 0.05) is 25.1 Å². The van der Waals surface area contributed by atoms with Crippen LogP contribution >= 0.6 is 0 Å². The Labute approximate surface area is 83.4 Å². The second-order valence-corrected chi connectivity index (χ2v) is 3.11. The quantitative estimate of drug-likeness (QED) is 0.796. The second-order valence-electron chi connectivity index (χ2n) is 3.11. The lowest BCUT2D eigenvalue weighted by atomic mass is 10.2. The summed E-state index contributed by atoms with van der Waals surface area (Å²) in [5.41, 5.74) is 2.40. The molecule has 0 aliphatic heterocycles. The molecule has 1 aromatic heterocycles. The maximum Gasteiger partial charge on any atom is 0.0679 e. The molecular weight excluding hydrogens is 174 g/mol. The van der Waals surface area contributed by atoms with Crippen LogP contribution in [0.5, 0.6) is 0 Å². The molecular formula is C11H13N3. The van der Waals surface area contributed by atoms with Crippen LogP contribution in [0.3, 0.4) is 0 Å². The van der Waals surface area contributed by atoms with E-state index < -0.39 is 0 Å². The highest BCUT2D eigenvalue weighted by Crippen LogP contribution is 2.14. The molecule has 0 spiro atoms. The Hall–Kier alpha value is -1.77. The Morgan fingerprint density at radius 1 is 1.29 bits per heavy atom. The van der Waals surface area contributed by atoms with E-state index in [0.717, 1.165) is 12.2 Å². The minimum Gasteiger partial charge on any atom is -0.388 e. The highest BCUT2D eigenvalue weighted by atomic mass is 15.3. The molecule has 0 saturated carbocycles. The van der Waals surface area contributed by atoms with Crippen molar-refractivity contribution in [2.24, 2.45) is 0 Å². The first-order chi connectivity index (χ1) is 6.90. The van der Waals surface area contributed by atoms with Crippen LogP contribution in [0.4, 0.5) is 5.69 Å². The molecule has 72 valence electrons. The molecule has 1 heterocycles. The molecule has 0 fully saturated rings. The SMILES string of the molecule is CNc1ccccc1Cn1cccn1. The Bertz CT molecular complexity index is 393. The fraction of sp³-hybridized carbons (Fsp3) is 0.182. The summed E-state index contributed by atoms with van der Waals surface area (Å²) in [6.07, 6.45) is 3.76. The van der Waals surface area contributed by atoms with Crippen molar-refractivity contribution in [3.63, 3.8) is 0 Å². The molecule has 14 heavy (non-hydrogen) atoms. The zero-order valence-corrected chi connectivity index (χ0v) is 8.14. The molecule has 0 aliphatic carbocycles. The number of anilines is 1. The smallest absolute Gasteiger partial charge is 0.0679 e. The van der Waals surface area contributed by atoms with Crippen molar-refractivity contribution >= 4 is 5.69 Å². The summed E-state index contributed by atoms with van der Waals surface area (Å²) in [6, 6.07) is 10.2. The second kappa shape index (κ2) is 3.96. The summed E-state index contributed by atoms with van der Waals surface area (Å²) in [6.45, 7) is 0.810. The molecule has 0 aliphatic rings. The largest absolute Gasteiger partial charge is 0.388 e. The van der Waals surface area contributed by atoms with Crippen LogP contribution in [0.15, 0.2) is 42.7 Å². The van der Waals surface area contributed by atoms with Gasteiger partial charge in [0.2, 0.25) is 0 Å². The maximum atomic E-state index is 4.18. The number of para-hydroxylation sites is 1. The van der Waals surface area contributed by atoms with Gasteiger partial charge in [0.25, 0.3) is 0 Å². The van der Waals surface area contributed by atoms with E-state index in [2.05, 4.69) is 22.5 Å². The first-order valence-corrected chi connectivity index (χ1v) is 4.63.